The highest BCUT2D eigenvalue weighted by atomic mass is 79.9. The molecule has 0 radical (unpaired) electrons. The van der Waals surface area contributed by atoms with Gasteiger partial charge in [0, 0.05) is 13.6 Å². The first-order valence-corrected chi connectivity index (χ1v) is 6.95. The molecule has 1 heterocycles. The Labute approximate surface area is 126 Å². The molecule has 110 valence electrons. The average molecular weight is 343 g/mol. The van der Waals surface area contributed by atoms with Crippen LogP contribution in [-0.4, -0.2) is 29.3 Å². The fourth-order valence-corrected chi connectivity index (χ4v) is 2.02. The SMILES string of the molecule is C=CCn1ncc(NCC(C)(C)C(=O)NC)c(Br)c1=O. The summed E-state index contributed by atoms with van der Waals surface area (Å²) in [6, 6.07) is 0. The normalized spacial score (nSPS) is 11.0. The van der Waals surface area contributed by atoms with E-state index in [2.05, 4.69) is 38.2 Å². The van der Waals surface area contributed by atoms with Gasteiger partial charge in [0.05, 0.1) is 23.8 Å². The van der Waals surface area contributed by atoms with E-state index in [4.69, 9.17) is 0 Å². The van der Waals surface area contributed by atoms with E-state index in [-0.39, 0.29) is 11.5 Å². The van der Waals surface area contributed by atoms with Crippen molar-refractivity contribution in [3.8, 4) is 0 Å². The van der Waals surface area contributed by atoms with Gasteiger partial charge in [0.25, 0.3) is 5.56 Å². The molecule has 2 N–H and O–H groups in total. The fourth-order valence-electron chi connectivity index (χ4n) is 1.58. The van der Waals surface area contributed by atoms with Crippen LogP contribution < -0.4 is 16.2 Å². The van der Waals surface area contributed by atoms with Gasteiger partial charge in [-0.15, -0.1) is 6.58 Å². The molecule has 0 atom stereocenters. The van der Waals surface area contributed by atoms with Crippen LogP contribution in [0.4, 0.5) is 5.69 Å². The number of rotatable bonds is 6. The lowest BCUT2D eigenvalue weighted by Gasteiger charge is -2.23. The van der Waals surface area contributed by atoms with Gasteiger partial charge in [0.2, 0.25) is 5.91 Å². The summed E-state index contributed by atoms with van der Waals surface area (Å²) < 4.78 is 1.69. The maximum atomic E-state index is 12.0. The molecule has 6 nitrogen and oxygen atoms in total. The highest BCUT2D eigenvalue weighted by Crippen LogP contribution is 2.20. The predicted molar refractivity (Wildman–Crippen MR) is 82.7 cm³/mol. The summed E-state index contributed by atoms with van der Waals surface area (Å²) in [6.07, 6.45) is 3.15. The lowest BCUT2D eigenvalue weighted by Crippen LogP contribution is -2.39. The standard InChI is InChI=1S/C13H19BrN4O2/c1-5-6-18-11(19)10(14)9(7-17-18)16-8-13(2,3)12(20)15-4/h5,7,16H,1,6,8H2,2-4H3,(H,15,20). The van der Waals surface area contributed by atoms with Crippen LogP contribution in [-0.2, 0) is 11.3 Å². The molecule has 0 aliphatic carbocycles. The molecule has 1 aromatic rings. The first kappa shape index (κ1) is 16.4. The van der Waals surface area contributed by atoms with E-state index in [1.165, 1.54) is 4.68 Å². The third kappa shape index (κ3) is 3.69. The number of hydrogen-bond acceptors (Lipinski definition) is 4. The largest absolute Gasteiger partial charge is 0.382 e. The molecule has 20 heavy (non-hydrogen) atoms. The lowest BCUT2D eigenvalue weighted by atomic mass is 9.92. The Morgan fingerprint density at radius 2 is 2.25 bits per heavy atom. The van der Waals surface area contributed by atoms with Crippen LogP contribution in [0.15, 0.2) is 28.1 Å². The first-order valence-electron chi connectivity index (χ1n) is 6.16. The molecule has 0 aromatic carbocycles. The second kappa shape index (κ2) is 6.69. The minimum atomic E-state index is -0.593. The molecule has 1 rings (SSSR count). The summed E-state index contributed by atoms with van der Waals surface area (Å²) in [5.41, 5.74) is -0.274. The lowest BCUT2D eigenvalue weighted by molar-refractivity contribution is -0.128. The smallest absolute Gasteiger partial charge is 0.283 e. The average Bonchev–Trinajstić information content (AvgIpc) is 2.42. The summed E-state index contributed by atoms with van der Waals surface area (Å²) in [5.74, 6) is -0.0749. The number of allylic oxidation sites excluding steroid dienone is 1. The number of halogens is 1. The Morgan fingerprint density at radius 1 is 1.60 bits per heavy atom. The van der Waals surface area contributed by atoms with Gasteiger partial charge in [-0.25, -0.2) is 4.68 Å². The maximum Gasteiger partial charge on any atom is 0.283 e. The van der Waals surface area contributed by atoms with Crippen LogP contribution in [0.5, 0.6) is 0 Å². The monoisotopic (exact) mass is 342 g/mol. The van der Waals surface area contributed by atoms with Gasteiger partial charge in [-0.2, -0.15) is 5.10 Å². The molecule has 0 fully saturated rings. The fraction of sp³-hybridized carbons (Fsp3) is 0.462. The van der Waals surface area contributed by atoms with Crippen molar-refractivity contribution in [1.29, 1.82) is 0 Å². The molecule has 0 bridgehead atoms. The zero-order valence-corrected chi connectivity index (χ0v) is 13.5. The topological polar surface area (TPSA) is 76.0 Å². The van der Waals surface area contributed by atoms with E-state index in [0.717, 1.165) is 0 Å². The Morgan fingerprint density at radius 3 is 2.80 bits per heavy atom. The summed E-state index contributed by atoms with van der Waals surface area (Å²) in [5, 5.41) is 9.71. The molecule has 7 heteroatoms. The van der Waals surface area contributed by atoms with Crippen molar-refractivity contribution in [2.45, 2.75) is 20.4 Å². The molecule has 0 unspecified atom stereocenters. The van der Waals surface area contributed by atoms with Crippen molar-refractivity contribution in [3.05, 3.63) is 33.7 Å². The van der Waals surface area contributed by atoms with E-state index in [1.54, 1.807) is 19.3 Å². The van der Waals surface area contributed by atoms with Gasteiger partial charge in [-0.05, 0) is 29.8 Å². The van der Waals surface area contributed by atoms with Crippen LogP contribution >= 0.6 is 15.9 Å². The van der Waals surface area contributed by atoms with Crippen molar-refractivity contribution in [2.24, 2.45) is 5.41 Å². The molecular formula is C13H19BrN4O2. The van der Waals surface area contributed by atoms with Gasteiger partial charge in [0.15, 0.2) is 0 Å². The Bertz CT molecular complexity index is 566. The molecule has 0 saturated heterocycles. The number of nitrogens with one attached hydrogen (secondary N) is 2. The minimum Gasteiger partial charge on any atom is -0.382 e. The predicted octanol–water partition coefficient (Wildman–Crippen LogP) is 1.38. The van der Waals surface area contributed by atoms with Gasteiger partial charge in [-0.3, -0.25) is 9.59 Å². The summed E-state index contributed by atoms with van der Waals surface area (Å²) in [6.45, 7) is 7.94. The highest BCUT2D eigenvalue weighted by Gasteiger charge is 2.26. The molecule has 0 saturated carbocycles. The van der Waals surface area contributed by atoms with Crippen molar-refractivity contribution >= 4 is 27.5 Å². The maximum absolute atomic E-state index is 12.0. The van der Waals surface area contributed by atoms with Gasteiger partial charge in [-0.1, -0.05) is 6.08 Å². The van der Waals surface area contributed by atoms with Gasteiger partial charge < -0.3 is 10.6 Å². The first-order chi connectivity index (χ1) is 9.33. The zero-order chi connectivity index (χ0) is 15.3. The Balaban J connectivity index is 2.90. The van der Waals surface area contributed by atoms with Crippen LogP contribution in [0.2, 0.25) is 0 Å². The van der Waals surface area contributed by atoms with Crippen LogP contribution in [0.25, 0.3) is 0 Å². The third-order valence-corrected chi connectivity index (χ3v) is 3.62. The molecule has 0 aliphatic rings. The van der Waals surface area contributed by atoms with Crippen molar-refractivity contribution in [3.63, 3.8) is 0 Å². The second-order valence-electron chi connectivity index (χ2n) is 4.96. The van der Waals surface area contributed by atoms with Gasteiger partial charge in [0.1, 0.15) is 4.47 Å². The number of carbonyl (C=O) groups excluding carboxylic acids is 1. The van der Waals surface area contributed by atoms with E-state index < -0.39 is 5.41 Å². The van der Waals surface area contributed by atoms with Crippen molar-refractivity contribution in [2.75, 3.05) is 18.9 Å². The molecule has 1 amide bonds. The number of anilines is 1. The quantitative estimate of drug-likeness (QED) is 0.765. The van der Waals surface area contributed by atoms with Crippen LogP contribution in [0.3, 0.4) is 0 Å². The Hall–Kier alpha value is -1.63. The minimum absolute atomic E-state index is 0.0749. The molecule has 1 aromatic heterocycles. The second-order valence-corrected chi connectivity index (χ2v) is 5.76. The zero-order valence-electron chi connectivity index (χ0n) is 11.9. The summed E-state index contributed by atoms with van der Waals surface area (Å²) in [4.78, 5) is 23.7. The van der Waals surface area contributed by atoms with E-state index >= 15 is 0 Å². The molecular weight excluding hydrogens is 324 g/mol. The van der Waals surface area contributed by atoms with Crippen LogP contribution in [0, 0.1) is 5.41 Å². The van der Waals surface area contributed by atoms with E-state index in [1.807, 2.05) is 13.8 Å². The number of aromatic nitrogens is 2. The number of hydrogen-bond donors (Lipinski definition) is 2. The molecule has 0 spiro atoms. The Kier molecular flexibility index (Phi) is 5.50. The van der Waals surface area contributed by atoms with Gasteiger partial charge >= 0.3 is 0 Å². The molecule has 0 aliphatic heterocycles. The van der Waals surface area contributed by atoms with Crippen LogP contribution in [0.1, 0.15) is 13.8 Å². The number of carbonyl (C=O) groups is 1. The number of nitrogens with zero attached hydrogens (tertiary/aromatic N) is 2. The van der Waals surface area contributed by atoms with E-state index in [0.29, 0.717) is 23.2 Å². The van der Waals surface area contributed by atoms with Crippen molar-refractivity contribution in [1.82, 2.24) is 15.1 Å². The summed E-state index contributed by atoms with van der Waals surface area (Å²) >= 11 is 3.25. The van der Waals surface area contributed by atoms with E-state index in [9.17, 15) is 9.59 Å². The van der Waals surface area contributed by atoms with Crippen molar-refractivity contribution < 1.29 is 4.79 Å². The number of amides is 1. The summed E-state index contributed by atoms with van der Waals surface area (Å²) in [7, 11) is 1.60. The highest BCUT2D eigenvalue weighted by molar-refractivity contribution is 9.10. The third-order valence-electron chi connectivity index (χ3n) is 2.85.